The molecule has 1 nitrogen and oxygen atoms in total. The zero-order valence-electron chi connectivity index (χ0n) is 10.8. The first-order valence-electron chi connectivity index (χ1n) is 6.68. The van der Waals surface area contributed by atoms with Crippen molar-refractivity contribution in [1.29, 1.82) is 0 Å². The molecule has 0 radical (unpaired) electrons. The van der Waals surface area contributed by atoms with E-state index in [0.29, 0.717) is 9.85 Å². The Labute approximate surface area is 123 Å². The maximum Gasteiger partial charge on any atom is 0.137 e. The van der Waals surface area contributed by atoms with Gasteiger partial charge in [0, 0.05) is 4.83 Å². The van der Waals surface area contributed by atoms with Crippen LogP contribution in [0.15, 0.2) is 18.2 Å². The van der Waals surface area contributed by atoms with Crippen molar-refractivity contribution in [3.63, 3.8) is 0 Å². The maximum atomic E-state index is 6.16. The van der Waals surface area contributed by atoms with Gasteiger partial charge >= 0.3 is 0 Å². The van der Waals surface area contributed by atoms with Gasteiger partial charge < -0.3 is 4.74 Å². The SMILES string of the molecule is COc1ccc(C(Br)CCC2CCCC2)cc1Cl. The first-order valence-corrected chi connectivity index (χ1v) is 7.97. The molecule has 0 bridgehead atoms. The van der Waals surface area contributed by atoms with Crippen molar-refractivity contribution >= 4 is 27.5 Å². The van der Waals surface area contributed by atoms with Gasteiger partial charge in [0.25, 0.3) is 0 Å². The summed E-state index contributed by atoms with van der Waals surface area (Å²) in [5, 5.41) is 0.695. The van der Waals surface area contributed by atoms with Crippen LogP contribution in [0, 0.1) is 5.92 Å². The summed E-state index contributed by atoms with van der Waals surface area (Å²) in [6, 6.07) is 6.05. The highest BCUT2D eigenvalue weighted by molar-refractivity contribution is 9.09. The van der Waals surface area contributed by atoms with Gasteiger partial charge in [-0.25, -0.2) is 0 Å². The van der Waals surface area contributed by atoms with Gasteiger partial charge in [0.15, 0.2) is 0 Å². The molecule has 0 heterocycles. The van der Waals surface area contributed by atoms with Gasteiger partial charge in [-0.15, -0.1) is 0 Å². The molecular formula is C15H20BrClO. The van der Waals surface area contributed by atoms with E-state index in [4.69, 9.17) is 16.3 Å². The van der Waals surface area contributed by atoms with E-state index in [1.807, 2.05) is 12.1 Å². The van der Waals surface area contributed by atoms with Crippen LogP contribution in [-0.4, -0.2) is 7.11 Å². The summed E-state index contributed by atoms with van der Waals surface area (Å²) < 4.78 is 5.17. The number of alkyl halides is 1. The van der Waals surface area contributed by atoms with E-state index in [1.165, 1.54) is 44.1 Å². The molecule has 0 aliphatic heterocycles. The van der Waals surface area contributed by atoms with E-state index in [9.17, 15) is 0 Å². The second kappa shape index (κ2) is 6.81. The molecule has 1 unspecified atom stereocenters. The molecule has 0 aromatic heterocycles. The molecule has 0 amide bonds. The molecule has 0 saturated heterocycles. The van der Waals surface area contributed by atoms with Gasteiger partial charge in [0.2, 0.25) is 0 Å². The zero-order valence-corrected chi connectivity index (χ0v) is 13.1. The molecule has 1 aliphatic carbocycles. The van der Waals surface area contributed by atoms with Crippen LogP contribution in [0.5, 0.6) is 5.75 Å². The van der Waals surface area contributed by atoms with Gasteiger partial charge in [-0.1, -0.05) is 59.3 Å². The van der Waals surface area contributed by atoms with Gasteiger partial charge in [-0.05, 0) is 36.5 Å². The Morgan fingerprint density at radius 1 is 1.39 bits per heavy atom. The average Bonchev–Trinajstić information content (AvgIpc) is 2.89. The fourth-order valence-electron chi connectivity index (χ4n) is 2.73. The molecule has 2 rings (SSSR count). The van der Waals surface area contributed by atoms with Crippen molar-refractivity contribution in [2.45, 2.75) is 43.4 Å². The molecule has 1 saturated carbocycles. The molecular weight excluding hydrogens is 312 g/mol. The van der Waals surface area contributed by atoms with Gasteiger partial charge in [0.1, 0.15) is 5.75 Å². The second-order valence-corrected chi connectivity index (χ2v) is 6.60. The summed E-state index contributed by atoms with van der Waals surface area (Å²) >= 11 is 9.93. The molecule has 3 heteroatoms. The van der Waals surface area contributed by atoms with E-state index in [1.54, 1.807) is 7.11 Å². The molecule has 1 aromatic rings. The summed E-state index contributed by atoms with van der Waals surface area (Å²) in [5.74, 6) is 1.69. The molecule has 1 fully saturated rings. The number of ether oxygens (including phenoxy) is 1. The molecule has 0 spiro atoms. The molecule has 1 aromatic carbocycles. The molecule has 18 heavy (non-hydrogen) atoms. The summed E-state index contributed by atoms with van der Waals surface area (Å²) in [4.78, 5) is 0.404. The van der Waals surface area contributed by atoms with Crippen LogP contribution in [0.1, 0.15) is 48.9 Å². The van der Waals surface area contributed by atoms with E-state index in [2.05, 4.69) is 22.0 Å². The summed E-state index contributed by atoms with van der Waals surface area (Å²) in [5.41, 5.74) is 1.25. The van der Waals surface area contributed by atoms with Crippen molar-refractivity contribution in [1.82, 2.24) is 0 Å². The lowest BCUT2D eigenvalue weighted by atomic mass is 9.98. The van der Waals surface area contributed by atoms with Crippen molar-refractivity contribution < 1.29 is 4.74 Å². The fourth-order valence-corrected chi connectivity index (χ4v) is 3.54. The standard InChI is InChI=1S/C15H20BrClO/c1-18-15-9-7-12(10-14(15)17)13(16)8-6-11-4-2-3-5-11/h7,9-11,13H,2-6,8H2,1H3. The number of benzene rings is 1. The van der Waals surface area contributed by atoms with Crippen LogP contribution in [0.4, 0.5) is 0 Å². The topological polar surface area (TPSA) is 9.23 Å². The van der Waals surface area contributed by atoms with Crippen LogP contribution in [0.2, 0.25) is 5.02 Å². The lowest BCUT2D eigenvalue weighted by molar-refractivity contribution is 0.415. The lowest BCUT2D eigenvalue weighted by Gasteiger charge is -2.14. The third kappa shape index (κ3) is 3.64. The minimum atomic E-state index is 0.404. The summed E-state index contributed by atoms with van der Waals surface area (Å²) in [7, 11) is 1.65. The number of hydrogen-bond acceptors (Lipinski definition) is 1. The van der Waals surface area contributed by atoms with Gasteiger partial charge in [-0.3, -0.25) is 0 Å². The third-order valence-electron chi connectivity index (χ3n) is 3.84. The van der Waals surface area contributed by atoms with Crippen LogP contribution in [-0.2, 0) is 0 Å². The molecule has 100 valence electrons. The minimum Gasteiger partial charge on any atom is -0.495 e. The zero-order chi connectivity index (χ0) is 13.0. The number of hydrogen-bond donors (Lipinski definition) is 0. The first kappa shape index (κ1) is 14.2. The van der Waals surface area contributed by atoms with E-state index in [-0.39, 0.29) is 0 Å². The van der Waals surface area contributed by atoms with Crippen LogP contribution < -0.4 is 4.74 Å². The van der Waals surface area contributed by atoms with Crippen molar-refractivity contribution in [2.75, 3.05) is 7.11 Å². The van der Waals surface area contributed by atoms with E-state index < -0.39 is 0 Å². The smallest absolute Gasteiger partial charge is 0.137 e. The Morgan fingerprint density at radius 2 is 2.11 bits per heavy atom. The average molecular weight is 332 g/mol. The minimum absolute atomic E-state index is 0.404. The first-order chi connectivity index (χ1) is 8.70. The fraction of sp³-hybridized carbons (Fsp3) is 0.600. The summed E-state index contributed by atoms with van der Waals surface area (Å²) in [6.07, 6.45) is 8.19. The van der Waals surface area contributed by atoms with Crippen molar-refractivity contribution in [3.8, 4) is 5.75 Å². The lowest BCUT2D eigenvalue weighted by Crippen LogP contribution is -1.97. The Bertz CT molecular complexity index is 388. The normalized spacial score (nSPS) is 17.9. The van der Waals surface area contributed by atoms with E-state index in [0.717, 1.165) is 11.7 Å². The summed E-state index contributed by atoms with van der Waals surface area (Å²) in [6.45, 7) is 0. The third-order valence-corrected chi connectivity index (χ3v) is 5.12. The highest BCUT2D eigenvalue weighted by Crippen LogP contribution is 2.37. The van der Waals surface area contributed by atoms with Crippen LogP contribution >= 0.6 is 27.5 Å². The number of rotatable bonds is 5. The Hall–Kier alpha value is -0.210. The monoisotopic (exact) mass is 330 g/mol. The molecule has 0 N–H and O–H groups in total. The number of halogens is 2. The predicted octanol–water partition coefficient (Wildman–Crippen LogP) is 5.76. The number of methoxy groups -OCH3 is 1. The predicted molar refractivity (Wildman–Crippen MR) is 80.9 cm³/mol. The quantitative estimate of drug-likeness (QED) is 0.624. The second-order valence-electron chi connectivity index (χ2n) is 5.09. The Balaban J connectivity index is 1.91. The van der Waals surface area contributed by atoms with Crippen molar-refractivity contribution in [3.05, 3.63) is 28.8 Å². The van der Waals surface area contributed by atoms with Crippen LogP contribution in [0.25, 0.3) is 0 Å². The van der Waals surface area contributed by atoms with Crippen molar-refractivity contribution in [2.24, 2.45) is 5.92 Å². The van der Waals surface area contributed by atoms with Gasteiger partial charge in [-0.2, -0.15) is 0 Å². The highest BCUT2D eigenvalue weighted by atomic mass is 79.9. The van der Waals surface area contributed by atoms with E-state index >= 15 is 0 Å². The van der Waals surface area contributed by atoms with Crippen LogP contribution in [0.3, 0.4) is 0 Å². The molecule has 1 atom stereocenters. The van der Waals surface area contributed by atoms with Gasteiger partial charge in [0.05, 0.1) is 12.1 Å². The Kier molecular flexibility index (Phi) is 5.38. The molecule has 1 aliphatic rings. The maximum absolute atomic E-state index is 6.16. The highest BCUT2D eigenvalue weighted by Gasteiger charge is 2.17. The largest absolute Gasteiger partial charge is 0.495 e. The Morgan fingerprint density at radius 3 is 2.72 bits per heavy atom.